The summed E-state index contributed by atoms with van der Waals surface area (Å²) in [6.07, 6.45) is 2.43. The van der Waals surface area contributed by atoms with Crippen LogP contribution >= 0.6 is 11.8 Å². The van der Waals surface area contributed by atoms with E-state index in [1.807, 2.05) is 43.0 Å². The van der Waals surface area contributed by atoms with Gasteiger partial charge in [0.2, 0.25) is 11.1 Å². The first-order chi connectivity index (χ1) is 13.5. The maximum absolute atomic E-state index is 13.1. The van der Waals surface area contributed by atoms with Crippen LogP contribution in [0.2, 0.25) is 0 Å². The van der Waals surface area contributed by atoms with Crippen LogP contribution in [-0.2, 0) is 11.3 Å². The van der Waals surface area contributed by atoms with Crippen LogP contribution in [-0.4, -0.2) is 42.2 Å². The molecular formula is C21H25N5OS. The molecule has 1 aromatic carbocycles. The van der Waals surface area contributed by atoms with Crippen LogP contribution in [0.25, 0.3) is 5.78 Å². The molecule has 3 aromatic rings. The van der Waals surface area contributed by atoms with E-state index in [2.05, 4.69) is 34.1 Å². The van der Waals surface area contributed by atoms with Gasteiger partial charge >= 0.3 is 0 Å². The van der Waals surface area contributed by atoms with Gasteiger partial charge in [0.1, 0.15) is 0 Å². The van der Waals surface area contributed by atoms with Gasteiger partial charge in [-0.2, -0.15) is 4.98 Å². The van der Waals surface area contributed by atoms with Crippen LogP contribution in [0, 0.1) is 19.8 Å². The molecule has 6 nitrogen and oxygen atoms in total. The van der Waals surface area contributed by atoms with Gasteiger partial charge in [0.05, 0.1) is 5.75 Å². The molecule has 0 radical (unpaired) electrons. The van der Waals surface area contributed by atoms with Crippen molar-refractivity contribution in [3.05, 3.63) is 53.3 Å². The third-order valence-electron chi connectivity index (χ3n) is 5.24. The fourth-order valence-corrected chi connectivity index (χ4v) is 4.19. The van der Waals surface area contributed by atoms with Crippen molar-refractivity contribution in [2.75, 3.05) is 5.75 Å². The first-order valence-electron chi connectivity index (χ1n) is 9.68. The fraction of sp³-hybridized carbons (Fsp3) is 0.429. The van der Waals surface area contributed by atoms with Crippen molar-refractivity contribution in [3.63, 3.8) is 0 Å². The molecule has 1 saturated carbocycles. The molecular weight excluding hydrogens is 370 g/mol. The van der Waals surface area contributed by atoms with Gasteiger partial charge in [0, 0.05) is 24.0 Å². The standard InChI is InChI=1S/C21H25N5OS/c1-14-11-15(2)26-20(22-14)23-21(24-26)28-13-19(27)25(16(3)18-9-10-18)12-17-7-5-4-6-8-17/h4-8,11,16,18H,9-10,12-13H2,1-3H3. The molecule has 1 fully saturated rings. The molecule has 0 N–H and O–H groups in total. The van der Waals surface area contributed by atoms with Gasteiger partial charge in [0.25, 0.3) is 5.78 Å². The molecule has 1 amide bonds. The third kappa shape index (κ3) is 4.19. The average molecular weight is 396 g/mol. The van der Waals surface area contributed by atoms with Gasteiger partial charge in [0.15, 0.2) is 0 Å². The minimum atomic E-state index is 0.132. The van der Waals surface area contributed by atoms with Crippen molar-refractivity contribution >= 4 is 23.4 Å². The number of aromatic nitrogens is 4. The van der Waals surface area contributed by atoms with Crippen LogP contribution < -0.4 is 0 Å². The number of thioether (sulfide) groups is 1. The number of nitrogens with zero attached hydrogens (tertiary/aromatic N) is 5. The van der Waals surface area contributed by atoms with Gasteiger partial charge in [-0.1, -0.05) is 42.1 Å². The van der Waals surface area contributed by atoms with Crippen molar-refractivity contribution in [2.45, 2.75) is 51.4 Å². The molecule has 28 heavy (non-hydrogen) atoms. The Hall–Kier alpha value is -2.41. The molecule has 146 valence electrons. The molecule has 1 aliphatic carbocycles. The number of hydrogen-bond acceptors (Lipinski definition) is 5. The molecule has 2 heterocycles. The second-order valence-corrected chi connectivity index (χ2v) is 8.46. The fourth-order valence-electron chi connectivity index (χ4n) is 3.49. The maximum atomic E-state index is 13.1. The van der Waals surface area contributed by atoms with E-state index in [0.717, 1.165) is 17.0 Å². The molecule has 0 spiro atoms. The van der Waals surface area contributed by atoms with Crippen LogP contribution in [0.4, 0.5) is 0 Å². The van der Waals surface area contributed by atoms with E-state index < -0.39 is 0 Å². The summed E-state index contributed by atoms with van der Waals surface area (Å²) in [5, 5.41) is 5.09. The Balaban J connectivity index is 1.47. The number of hydrogen-bond donors (Lipinski definition) is 0. The average Bonchev–Trinajstić information content (AvgIpc) is 3.45. The van der Waals surface area contributed by atoms with Gasteiger partial charge in [-0.3, -0.25) is 4.79 Å². The molecule has 1 aliphatic rings. The number of amides is 1. The molecule has 7 heteroatoms. The minimum Gasteiger partial charge on any atom is -0.335 e. The molecule has 2 aromatic heterocycles. The largest absolute Gasteiger partial charge is 0.335 e. The number of benzene rings is 1. The van der Waals surface area contributed by atoms with Gasteiger partial charge < -0.3 is 4.90 Å². The van der Waals surface area contributed by atoms with Crippen molar-refractivity contribution < 1.29 is 4.79 Å². The van der Waals surface area contributed by atoms with E-state index in [0.29, 0.717) is 29.1 Å². The summed E-state index contributed by atoms with van der Waals surface area (Å²) >= 11 is 1.38. The number of aryl methyl sites for hydroxylation is 2. The Labute approximate surface area is 169 Å². The Bertz CT molecular complexity index is 983. The van der Waals surface area contributed by atoms with Crippen LogP contribution in [0.5, 0.6) is 0 Å². The van der Waals surface area contributed by atoms with Crippen molar-refractivity contribution in [1.82, 2.24) is 24.5 Å². The van der Waals surface area contributed by atoms with Crippen LogP contribution in [0.1, 0.15) is 36.7 Å². The lowest BCUT2D eigenvalue weighted by Crippen LogP contribution is -2.40. The van der Waals surface area contributed by atoms with Gasteiger partial charge in [-0.15, -0.1) is 5.10 Å². The summed E-state index contributed by atoms with van der Waals surface area (Å²) in [6.45, 7) is 6.74. The monoisotopic (exact) mass is 395 g/mol. The Kier molecular flexibility index (Phi) is 5.35. The molecule has 0 bridgehead atoms. The number of rotatable bonds is 7. The normalized spacial score (nSPS) is 15.0. The van der Waals surface area contributed by atoms with E-state index in [1.54, 1.807) is 4.52 Å². The lowest BCUT2D eigenvalue weighted by Gasteiger charge is -2.29. The molecule has 1 unspecified atom stereocenters. The quantitative estimate of drug-likeness (QED) is 0.571. The first kappa shape index (κ1) is 18.9. The van der Waals surface area contributed by atoms with Crippen molar-refractivity contribution in [2.24, 2.45) is 5.92 Å². The molecule has 0 saturated heterocycles. The second kappa shape index (κ2) is 7.91. The van der Waals surface area contributed by atoms with Crippen molar-refractivity contribution in [1.29, 1.82) is 0 Å². The first-order valence-corrected chi connectivity index (χ1v) is 10.7. The third-order valence-corrected chi connectivity index (χ3v) is 6.06. The number of fused-ring (bicyclic) bond motifs is 1. The highest BCUT2D eigenvalue weighted by Gasteiger charge is 2.34. The zero-order valence-corrected chi connectivity index (χ0v) is 17.3. The highest BCUT2D eigenvalue weighted by atomic mass is 32.2. The second-order valence-electron chi connectivity index (χ2n) is 7.52. The topological polar surface area (TPSA) is 63.4 Å². The summed E-state index contributed by atoms with van der Waals surface area (Å²) in [5.74, 6) is 1.67. The summed E-state index contributed by atoms with van der Waals surface area (Å²) in [7, 11) is 0. The summed E-state index contributed by atoms with van der Waals surface area (Å²) in [4.78, 5) is 24.0. The van der Waals surface area contributed by atoms with Crippen molar-refractivity contribution in [3.8, 4) is 0 Å². The Morgan fingerprint density at radius 2 is 2.00 bits per heavy atom. The zero-order valence-electron chi connectivity index (χ0n) is 16.5. The van der Waals surface area contributed by atoms with E-state index in [1.165, 1.54) is 24.6 Å². The van der Waals surface area contributed by atoms with Gasteiger partial charge in [-0.05, 0) is 51.2 Å². The summed E-state index contributed by atoms with van der Waals surface area (Å²) < 4.78 is 1.73. The summed E-state index contributed by atoms with van der Waals surface area (Å²) in [6, 6.07) is 12.4. The van der Waals surface area contributed by atoms with Crippen LogP contribution in [0.15, 0.2) is 41.6 Å². The molecule has 1 atom stereocenters. The Morgan fingerprint density at radius 3 is 2.71 bits per heavy atom. The van der Waals surface area contributed by atoms with E-state index in [-0.39, 0.29) is 11.9 Å². The predicted octanol–water partition coefficient (Wildman–Crippen LogP) is 3.66. The van der Waals surface area contributed by atoms with E-state index >= 15 is 0 Å². The smallest absolute Gasteiger partial charge is 0.253 e. The van der Waals surface area contributed by atoms with Crippen LogP contribution in [0.3, 0.4) is 0 Å². The van der Waals surface area contributed by atoms with Gasteiger partial charge in [-0.25, -0.2) is 9.50 Å². The minimum absolute atomic E-state index is 0.132. The molecule has 0 aliphatic heterocycles. The van der Waals surface area contributed by atoms with E-state index in [9.17, 15) is 4.79 Å². The van der Waals surface area contributed by atoms with E-state index in [4.69, 9.17) is 0 Å². The number of carbonyl (C=O) groups excluding carboxylic acids is 1. The lowest BCUT2D eigenvalue weighted by molar-refractivity contribution is -0.131. The predicted molar refractivity (Wildman–Crippen MR) is 110 cm³/mol. The maximum Gasteiger partial charge on any atom is 0.253 e. The number of carbonyl (C=O) groups is 1. The zero-order chi connectivity index (χ0) is 19.7. The summed E-state index contributed by atoms with van der Waals surface area (Å²) in [5.41, 5.74) is 3.06. The molecule has 4 rings (SSSR count). The SMILES string of the molecule is Cc1cc(C)n2nc(SCC(=O)N(Cc3ccccc3)C(C)C3CC3)nc2n1. The highest BCUT2D eigenvalue weighted by Crippen LogP contribution is 2.36. The highest BCUT2D eigenvalue weighted by molar-refractivity contribution is 7.99. The Morgan fingerprint density at radius 1 is 1.25 bits per heavy atom. The lowest BCUT2D eigenvalue weighted by atomic mass is 10.1.